The van der Waals surface area contributed by atoms with Crippen molar-refractivity contribution in [1.82, 2.24) is 5.32 Å². The molecule has 7 nitrogen and oxygen atoms in total. The van der Waals surface area contributed by atoms with Gasteiger partial charge in [0.25, 0.3) is 5.91 Å². The Morgan fingerprint density at radius 2 is 1.83 bits per heavy atom. The number of hydrogen-bond donors (Lipinski definition) is 1. The lowest BCUT2D eigenvalue weighted by Crippen LogP contribution is -2.40. The van der Waals surface area contributed by atoms with Gasteiger partial charge in [0.2, 0.25) is 0 Å². The number of carbonyl (C=O) groups excluding carboxylic acids is 2. The van der Waals surface area contributed by atoms with Crippen molar-refractivity contribution in [2.45, 2.75) is 59.5 Å². The number of hydrogen-bond acceptors (Lipinski definition) is 6. The van der Waals surface area contributed by atoms with E-state index in [1.54, 1.807) is 19.9 Å². The quantitative estimate of drug-likeness (QED) is 0.726. The highest BCUT2D eigenvalue weighted by Crippen LogP contribution is 2.32. The smallest absolute Gasteiger partial charge is 0.339 e. The Hall–Kier alpha value is -2.83. The lowest BCUT2D eigenvalue weighted by Gasteiger charge is -2.29. The van der Waals surface area contributed by atoms with Crippen LogP contribution in [0.15, 0.2) is 21.3 Å². The number of benzene rings is 1. The molecule has 0 aliphatic heterocycles. The lowest BCUT2D eigenvalue weighted by molar-refractivity contribution is -0.312. The predicted molar refractivity (Wildman–Crippen MR) is 110 cm³/mol. The first-order valence-electron chi connectivity index (χ1n) is 10.4. The molecule has 0 spiro atoms. The normalized spacial score (nSPS) is 20.0. The van der Waals surface area contributed by atoms with Crippen molar-refractivity contribution >= 4 is 22.8 Å². The molecular weight excluding hydrogens is 386 g/mol. The number of carboxylic acids is 1. The molecule has 1 saturated carbocycles. The Morgan fingerprint density at radius 3 is 2.47 bits per heavy atom. The molecule has 0 bridgehead atoms. The number of nitrogens with one attached hydrogen (secondary N) is 1. The molecule has 1 aromatic carbocycles. The number of aliphatic carboxylic acids is 1. The van der Waals surface area contributed by atoms with Gasteiger partial charge < -0.3 is 24.4 Å². The highest BCUT2D eigenvalue weighted by Gasteiger charge is 2.24. The van der Waals surface area contributed by atoms with Crippen molar-refractivity contribution in [3.63, 3.8) is 0 Å². The molecule has 0 unspecified atom stereocenters. The van der Waals surface area contributed by atoms with Crippen molar-refractivity contribution in [1.29, 1.82) is 0 Å². The van der Waals surface area contributed by atoms with Crippen LogP contribution in [0.5, 0.6) is 5.75 Å². The summed E-state index contributed by atoms with van der Waals surface area (Å²) in [6, 6.07) is 3.61. The van der Waals surface area contributed by atoms with Gasteiger partial charge in [-0.1, -0.05) is 0 Å². The zero-order valence-electron chi connectivity index (χ0n) is 17.9. The van der Waals surface area contributed by atoms with Crippen LogP contribution in [-0.4, -0.2) is 24.5 Å². The summed E-state index contributed by atoms with van der Waals surface area (Å²) in [4.78, 5) is 35.5. The van der Waals surface area contributed by atoms with E-state index in [1.165, 1.54) is 0 Å². The third kappa shape index (κ3) is 4.66. The van der Waals surface area contributed by atoms with Crippen molar-refractivity contribution in [3.05, 3.63) is 39.2 Å². The highest BCUT2D eigenvalue weighted by atomic mass is 16.5. The second-order valence-corrected chi connectivity index (χ2v) is 8.32. The van der Waals surface area contributed by atoms with Gasteiger partial charge in [0, 0.05) is 18.1 Å². The molecule has 3 rings (SSSR count). The Kier molecular flexibility index (Phi) is 6.48. The molecule has 7 heteroatoms. The molecule has 0 saturated heterocycles. The monoisotopic (exact) mass is 414 g/mol. The van der Waals surface area contributed by atoms with E-state index >= 15 is 0 Å². The van der Waals surface area contributed by atoms with E-state index in [0.717, 1.165) is 24.0 Å². The summed E-state index contributed by atoms with van der Waals surface area (Å²) in [5, 5.41) is 14.6. The van der Waals surface area contributed by atoms with E-state index in [0.29, 0.717) is 41.7 Å². The van der Waals surface area contributed by atoms with Gasteiger partial charge in [-0.15, -0.1) is 0 Å². The Bertz CT molecular complexity index is 1020. The Balaban J connectivity index is 1.67. The SMILES string of the molecule is Cc1cc(O[C@@H](C)C(=O)NCC2CCC(C(=O)[O-])CC2)c2c(C)c(C)c(=O)oc2c1. The molecule has 1 aromatic heterocycles. The van der Waals surface area contributed by atoms with Crippen LogP contribution in [0.25, 0.3) is 11.0 Å². The average Bonchev–Trinajstić information content (AvgIpc) is 2.70. The van der Waals surface area contributed by atoms with Crippen LogP contribution in [0, 0.1) is 32.6 Å². The summed E-state index contributed by atoms with van der Waals surface area (Å²) in [5.74, 6) is -0.826. The van der Waals surface area contributed by atoms with Gasteiger partial charge in [-0.25, -0.2) is 4.79 Å². The number of rotatable bonds is 6. The maximum Gasteiger partial charge on any atom is 0.339 e. The van der Waals surface area contributed by atoms with Crippen LogP contribution in [-0.2, 0) is 9.59 Å². The van der Waals surface area contributed by atoms with E-state index in [9.17, 15) is 19.5 Å². The zero-order chi connectivity index (χ0) is 22.0. The van der Waals surface area contributed by atoms with Gasteiger partial charge in [0.05, 0.1) is 5.39 Å². The van der Waals surface area contributed by atoms with E-state index in [4.69, 9.17) is 9.15 Å². The fourth-order valence-corrected chi connectivity index (χ4v) is 4.02. The zero-order valence-corrected chi connectivity index (χ0v) is 17.9. The lowest BCUT2D eigenvalue weighted by atomic mass is 9.82. The molecule has 1 amide bonds. The second-order valence-electron chi connectivity index (χ2n) is 8.32. The number of ether oxygens (including phenoxy) is 1. The Labute approximate surface area is 175 Å². The number of carbonyl (C=O) groups is 2. The predicted octanol–water partition coefficient (Wildman–Crippen LogP) is 2.16. The summed E-state index contributed by atoms with van der Waals surface area (Å²) in [6.07, 6.45) is 1.96. The van der Waals surface area contributed by atoms with Crippen LogP contribution in [0.2, 0.25) is 0 Å². The molecule has 1 N–H and O–H groups in total. The van der Waals surface area contributed by atoms with E-state index in [2.05, 4.69) is 5.32 Å². The first-order chi connectivity index (χ1) is 14.2. The van der Waals surface area contributed by atoms with E-state index in [-0.39, 0.29) is 23.4 Å². The topological polar surface area (TPSA) is 109 Å². The number of amides is 1. The molecule has 0 radical (unpaired) electrons. The summed E-state index contributed by atoms with van der Waals surface area (Å²) in [5.41, 5.74) is 2.21. The standard InChI is InChI=1S/C23H29NO6/c1-12-9-18(20-13(2)14(3)23(28)30-19(20)10-12)29-15(4)21(25)24-11-16-5-7-17(8-6-16)22(26)27/h9-10,15-17H,5-8,11H2,1-4H3,(H,24,25)(H,26,27)/p-1/t15-,16?,17?/m0/s1. The fourth-order valence-electron chi connectivity index (χ4n) is 4.02. The minimum Gasteiger partial charge on any atom is -0.550 e. The molecule has 1 heterocycles. The first kappa shape index (κ1) is 21.9. The third-order valence-electron chi connectivity index (χ3n) is 6.07. The van der Waals surface area contributed by atoms with Gasteiger partial charge in [0.1, 0.15) is 11.3 Å². The van der Waals surface area contributed by atoms with Gasteiger partial charge in [-0.2, -0.15) is 0 Å². The van der Waals surface area contributed by atoms with Crippen molar-refractivity contribution in [3.8, 4) is 5.75 Å². The van der Waals surface area contributed by atoms with Crippen LogP contribution < -0.4 is 20.8 Å². The van der Waals surface area contributed by atoms with Crippen LogP contribution in [0.3, 0.4) is 0 Å². The second kappa shape index (κ2) is 8.90. The molecule has 1 aliphatic carbocycles. The van der Waals surface area contributed by atoms with Gasteiger partial charge in [-0.05, 0) is 88.5 Å². The number of aryl methyl sites for hydroxylation is 2. The fraction of sp³-hybridized carbons (Fsp3) is 0.522. The summed E-state index contributed by atoms with van der Waals surface area (Å²) in [7, 11) is 0. The number of carboxylic acid groups (broad SMARTS) is 1. The molecule has 1 fully saturated rings. The van der Waals surface area contributed by atoms with Crippen LogP contribution in [0.4, 0.5) is 0 Å². The van der Waals surface area contributed by atoms with Crippen LogP contribution in [0.1, 0.15) is 49.3 Å². The molecule has 1 atom stereocenters. The maximum absolute atomic E-state index is 12.6. The van der Waals surface area contributed by atoms with Crippen LogP contribution >= 0.6 is 0 Å². The number of fused-ring (bicyclic) bond motifs is 1. The van der Waals surface area contributed by atoms with E-state index < -0.39 is 12.1 Å². The molecule has 30 heavy (non-hydrogen) atoms. The van der Waals surface area contributed by atoms with Gasteiger partial charge in [0.15, 0.2) is 6.10 Å². The summed E-state index contributed by atoms with van der Waals surface area (Å²) >= 11 is 0. The first-order valence-corrected chi connectivity index (χ1v) is 10.4. The molecule has 162 valence electrons. The Morgan fingerprint density at radius 1 is 1.17 bits per heavy atom. The van der Waals surface area contributed by atoms with Gasteiger partial charge in [-0.3, -0.25) is 4.79 Å². The molecule has 1 aliphatic rings. The van der Waals surface area contributed by atoms with Crippen molar-refractivity contribution in [2.24, 2.45) is 11.8 Å². The molecular formula is C23H28NO6-. The average molecular weight is 414 g/mol. The summed E-state index contributed by atoms with van der Waals surface area (Å²) in [6.45, 7) is 7.58. The highest BCUT2D eigenvalue weighted by molar-refractivity contribution is 5.89. The van der Waals surface area contributed by atoms with E-state index in [1.807, 2.05) is 19.9 Å². The van der Waals surface area contributed by atoms with Crippen molar-refractivity contribution in [2.75, 3.05) is 6.54 Å². The largest absolute Gasteiger partial charge is 0.550 e. The maximum atomic E-state index is 12.6. The van der Waals surface area contributed by atoms with Crippen molar-refractivity contribution < 1.29 is 23.8 Å². The minimum absolute atomic E-state index is 0.238. The third-order valence-corrected chi connectivity index (χ3v) is 6.07. The summed E-state index contributed by atoms with van der Waals surface area (Å²) < 4.78 is 11.4. The van der Waals surface area contributed by atoms with Gasteiger partial charge >= 0.3 is 5.63 Å². The minimum atomic E-state index is -0.980. The molecule has 2 aromatic rings.